The zero-order valence-corrected chi connectivity index (χ0v) is 10.2. The number of carbonyl (C=O) groups excluding carboxylic acids is 1. The van der Waals surface area contributed by atoms with Gasteiger partial charge in [0.15, 0.2) is 5.78 Å². The van der Waals surface area contributed by atoms with Crippen LogP contribution in [0.5, 0.6) is 0 Å². The Balaban J connectivity index is 2.59. The molecular formula is C14H14N2O2. The normalized spacial score (nSPS) is 10.3. The van der Waals surface area contributed by atoms with Gasteiger partial charge in [-0.2, -0.15) is 0 Å². The van der Waals surface area contributed by atoms with E-state index >= 15 is 0 Å². The van der Waals surface area contributed by atoms with Crippen LogP contribution in [0.15, 0.2) is 47.4 Å². The monoisotopic (exact) mass is 242 g/mol. The summed E-state index contributed by atoms with van der Waals surface area (Å²) in [5, 5.41) is 0. The molecule has 92 valence electrons. The molecule has 2 heterocycles. The highest BCUT2D eigenvalue weighted by atomic mass is 16.1. The molecule has 0 radical (unpaired) electrons. The summed E-state index contributed by atoms with van der Waals surface area (Å²) in [7, 11) is 0. The largest absolute Gasteiger partial charge is 0.293 e. The Kier molecular flexibility index (Phi) is 3.67. The molecule has 0 saturated heterocycles. The highest BCUT2D eigenvalue weighted by molar-refractivity contribution is 5.94. The molecule has 0 fully saturated rings. The van der Waals surface area contributed by atoms with Crippen molar-refractivity contribution in [3.8, 4) is 5.82 Å². The Morgan fingerprint density at radius 3 is 2.72 bits per heavy atom. The van der Waals surface area contributed by atoms with E-state index < -0.39 is 0 Å². The predicted molar refractivity (Wildman–Crippen MR) is 69.1 cm³/mol. The summed E-state index contributed by atoms with van der Waals surface area (Å²) in [6.07, 6.45) is 2.78. The van der Waals surface area contributed by atoms with E-state index in [1.165, 1.54) is 10.6 Å². The third kappa shape index (κ3) is 2.37. The van der Waals surface area contributed by atoms with Gasteiger partial charge in [0, 0.05) is 18.7 Å². The molecule has 0 aliphatic rings. The molecule has 4 nitrogen and oxygen atoms in total. The van der Waals surface area contributed by atoms with Gasteiger partial charge in [-0.15, -0.1) is 0 Å². The van der Waals surface area contributed by atoms with E-state index in [-0.39, 0.29) is 11.3 Å². The van der Waals surface area contributed by atoms with Crippen LogP contribution < -0.4 is 5.56 Å². The van der Waals surface area contributed by atoms with Gasteiger partial charge >= 0.3 is 0 Å². The molecule has 4 heteroatoms. The molecule has 0 aliphatic carbocycles. The van der Waals surface area contributed by atoms with Crippen molar-refractivity contribution in [2.24, 2.45) is 0 Å². The summed E-state index contributed by atoms with van der Waals surface area (Å²) in [5.41, 5.74) is 0.152. The lowest BCUT2D eigenvalue weighted by Gasteiger charge is -2.10. The molecule has 0 unspecified atom stereocenters. The molecule has 0 N–H and O–H groups in total. The minimum Gasteiger partial charge on any atom is -0.293 e. The van der Waals surface area contributed by atoms with Crippen LogP contribution in [0, 0.1) is 0 Å². The fourth-order valence-electron chi connectivity index (χ4n) is 1.78. The molecular weight excluding hydrogens is 228 g/mol. The smallest absolute Gasteiger partial charge is 0.256 e. The van der Waals surface area contributed by atoms with Crippen LogP contribution in [0.3, 0.4) is 0 Å². The Bertz CT molecular complexity index is 603. The number of Topliss-reactive ketones (excluding diaryl/α,β-unsaturated/α-hetero) is 1. The first-order valence-electron chi connectivity index (χ1n) is 5.90. The van der Waals surface area contributed by atoms with Crippen molar-refractivity contribution < 1.29 is 4.79 Å². The molecule has 0 atom stereocenters. The zero-order valence-electron chi connectivity index (χ0n) is 10.2. The van der Waals surface area contributed by atoms with E-state index in [1.54, 1.807) is 36.5 Å². The summed E-state index contributed by atoms with van der Waals surface area (Å²) in [5.74, 6) is 0.434. The number of pyridine rings is 2. The second-order valence-corrected chi connectivity index (χ2v) is 3.95. The van der Waals surface area contributed by atoms with E-state index in [4.69, 9.17) is 0 Å². The van der Waals surface area contributed by atoms with E-state index in [9.17, 15) is 9.59 Å². The average Bonchev–Trinajstić information content (AvgIpc) is 2.39. The minimum absolute atomic E-state index is 0.0409. The molecule has 18 heavy (non-hydrogen) atoms. The molecule has 2 aromatic rings. The summed E-state index contributed by atoms with van der Waals surface area (Å²) in [6, 6.07) is 9.96. The fourth-order valence-corrected chi connectivity index (χ4v) is 1.78. The minimum atomic E-state index is -0.240. The van der Waals surface area contributed by atoms with Gasteiger partial charge in [-0.3, -0.25) is 14.2 Å². The SMILES string of the molecule is CCCC(=O)c1cccc(=O)n1-c1ccccn1. The highest BCUT2D eigenvalue weighted by Crippen LogP contribution is 2.08. The van der Waals surface area contributed by atoms with Crippen molar-refractivity contribution in [2.75, 3.05) is 0 Å². The molecule has 2 aromatic heterocycles. The fraction of sp³-hybridized carbons (Fsp3) is 0.214. The summed E-state index contributed by atoms with van der Waals surface area (Å²) < 4.78 is 1.36. The number of carbonyl (C=O) groups is 1. The van der Waals surface area contributed by atoms with Crippen molar-refractivity contribution in [1.82, 2.24) is 9.55 Å². The molecule has 0 saturated carbocycles. The Labute approximate surface area is 105 Å². The third-order valence-electron chi connectivity index (χ3n) is 2.60. The second kappa shape index (κ2) is 5.40. The van der Waals surface area contributed by atoms with Gasteiger partial charge in [-0.25, -0.2) is 4.98 Å². The number of hydrogen-bond acceptors (Lipinski definition) is 3. The number of rotatable bonds is 4. The molecule has 0 aromatic carbocycles. The highest BCUT2D eigenvalue weighted by Gasteiger charge is 2.12. The van der Waals surface area contributed by atoms with Crippen LogP contribution in [-0.4, -0.2) is 15.3 Å². The van der Waals surface area contributed by atoms with E-state index in [0.29, 0.717) is 17.9 Å². The van der Waals surface area contributed by atoms with Gasteiger partial charge in [0.1, 0.15) is 5.82 Å². The van der Waals surface area contributed by atoms with Gasteiger partial charge < -0.3 is 0 Å². The first kappa shape index (κ1) is 12.2. The third-order valence-corrected chi connectivity index (χ3v) is 2.60. The van der Waals surface area contributed by atoms with Gasteiger partial charge in [-0.1, -0.05) is 19.1 Å². The Hall–Kier alpha value is -2.23. The molecule has 0 amide bonds. The second-order valence-electron chi connectivity index (χ2n) is 3.95. The lowest BCUT2D eigenvalue weighted by atomic mass is 10.1. The predicted octanol–water partition coefficient (Wildman–Crippen LogP) is 2.22. The van der Waals surface area contributed by atoms with Crippen molar-refractivity contribution in [1.29, 1.82) is 0 Å². The van der Waals surface area contributed by atoms with Gasteiger partial charge in [0.2, 0.25) is 0 Å². The average molecular weight is 242 g/mol. The van der Waals surface area contributed by atoms with Gasteiger partial charge in [0.05, 0.1) is 5.69 Å². The standard InChI is InChI=1S/C14H14N2O2/c1-2-6-12(17)11-7-5-9-14(18)16(11)13-8-3-4-10-15-13/h3-5,7-10H,2,6H2,1H3. The lowest BCUT2D eigenvalue weighted by Crippen LogP contribution is -2.24. The van der Waals surface area contributed by atoms with Gasteiger partial charge in [-0.05, 0) is 24.6 Å². The Morgan fingerprint density at radius 2 is 2.06 bits per heavy atom. The van der Waals surface area contributed by atoms with Crippen LogP contribution in [0.2, 0.25) is 0 Å². The maximum atomic E-state index is 12.0. The molecule has 2 rings (SSSR count). The molecule has 0 aliphatic heterocycles. The summed E-state index contributed by atoms with van der Waals surface area (Å²) in [4.78, 5) is 28.0. The number of nitrogens with zero attached hydrogens (tertiary/aromatic N) is 2. The maximum absolute atomic E-state index is 12.0. The van der Waals surface area contributed by atoms with Crippen molar-refractivity contribution >= 4 is 5.78 Å². The van der Waals surface area contributed by atoms with Crippen LogP contribution in [0.25, 0.3) is 5.82 Å². The van der Waals surface area contributed by atoms with E-state index in [2.05, 4.69) is 4.98 Å². The number of aromatic nitrogens is 2. The topological polar surface area (TPSA) is 52.0 Å². The van der Waals surface area contributed by atoms with Crippen molar-refractivity contribution in [2.45, 2.75) is 19.8 Å². The van der Waals surface area contributed by atoms with Gasteiger partial charge in [0.25, 0.3) is 5.56 Å². The molecule has 0 bridgehead atoms. The first-order valence-corrected chi connectivity index (χ1v) is 5.90. The number of hydrogen-bond donors (Lipinski definition) is 0. The van der Waals surface area contributed by atoms with E-state index in [1.807, 2.05) is 6.92 Å². The quantitative estimate of drug-likeness (QED) is 0.772. The summed E-state index contributed by atoms with van der Waals surface area (Å²) >= 11 is 0. The van der Waals surface area contributed by atoms with Crippen molar-refractivity contribution in [3.05, 3.63) is 58.6 Å². The van der Waals surface area contributed by atoms with Crippen LogP contribution >= 0.6 is 0 Å². The van der Waals surface area contributed by atoms with E-state index in [0.717, 1.165) is 6.42 Å². The number of ketones is 1. The zero-order chi connectivity index (χ0) is 13.0. The van der Waals surface area contributed by atoms with Crippen molar-refractivity contribution in [3.63, 3.8) is 0 Å². The summed E-state index contributed by atoms with van der Waals surface area (Å²) in [6.45, 7) is 1.93. The maximum Gasteiger partial charge on any atom is 0.256 e. The van der Waals surface area contributed by atoms with Crippen LogP contribution in [0.4, 0.5) is 0 Å². The lowest BCUT2D eigenvalue weighted by molar-refractivity contribution is 0.0974. The first-order chi connectivity index (χ1) is 8.74. The molecule has 0 spiro atoms. The Morgan fingerprint density at radius 1 is 1.22 bits per heavy atom. The van der Waals surface area contributed by atoms with Crippen LogP contribution in [-0.2, 0) is 0 Å². The van der Waals surface area contributed by atoms with Crippen LogP contribution in [0.1, 0.15) is 30.3 Å².